The molecule has 24 heavy (non-hydrogen) atoms. The highest BCUT2D eigenvalue weighted by molar-refractivity contribution is 9.10. The van der Waals surface area contributed by atoms with Crippen LogP contribution >= 0.6 is 15.9 Å². The van der Waals surface area contributed by atoms with E-state index in [9.17, 15) is 9.18 Å². The van der Waals surface area contributed by atoms with Crippen LogP contribution in [0.2, 0.25) is 0 Å². The first-order valence-electron chi connectivity index (χ1n) is 7.15. The van der Waals surface area contributed by atoms with Crippen LogP contribution in [0.25, 0.3) is 11.5 Å². The van der Waals surface area contributed by atoms with Crippen LogP contribution in [0.3, 0.4) is 0 Å². The second-order valence-electron chi connectivity index (χ2n) is 5.13. The minimum absolute atomic E-state index is 0.0563. The van der Waals surface area contributed by atoms with E-state index in [2.05, 4.69) is 31.2 Å². The molecular formula is C17H13BrFN3O2. The van der Waals surface area contributed by atoms with Crippen molar-refractivity contribution in [3.63, 3.8) is 0 Å². The van der Waals surface area contributed by atoms with Crippen LogP contribution in [-0.2, 0) is 11.2 Å². The normalized spacial score (nSPS) is 10.6. The minimum atomic E-state index is -0.370. The second-order valence-corrected chi connectivity index (χ2v) is 5.94. The summed E-state index contributed by atoms with van der Waals surface area (Å²) in [6, 6.07) is 9.44. The lowest BCUT2D eigenvalue weighted by molar-refractivity contribution is -0.115. The lowest BCUT2D eigenvalue weighted by Gasteiger charge is -2.03. The zero-order valence-electron chi connectivity index (χ0n) is 12.7. The minimum Gasteiger partial charge on any atom is -0.441 e. The molecule has 0 atom stereocenters. The van der Waals surface area contributed by atoms with E-state index >= 15 is 0 Å². The van der Waals surface area contributed by atoms with Gasteiger partial charge in [0.2, 0.25) is 11.8 Å². The number of carbonyl (C=O) groups excluding carboxylic acids is 1. The van der Waals surface area contributed by atoms with Crippen molar-refractivity contribution in [3.05, 3.63) is 64.5 Å². The second kappa shape index (κ2) is 6.92. The molecule has 0 spiro atoms. The Morgan fingerprint density at radius 3 is 2.88 bits per heavy atom. The van der Waals surface area contributed by atoms with Crippen LogP contribution in [-0.4, -0.2) is 15.9 Å². The van der Waals surface area contributed by atoms with Gasteiger partial charge in [-0.3, -0.25) is 4.79 Å². The Labute approximate surface area is 146 Å². The Kier molecular flexibility index (Phi) is 4.71. The summed E-state index contributed by atoms with van der Waals surface area (Å²) in [5.74, 6) is 0.213. The Morgan fingerprint density at radius 2 is 2.17 bits per heavy atom. The fourth-order valence-electron chi connectivity index (χ4n) is 2.14. The highest BCUT2D eigenvalue weighted by atomic mass is 79.9. The van der Waals surface area contributed by atoms with Gasteiger partial charge in [0.25, 0.3) is 0 Å². The third-order valence-corrected chi connectivity index (χ3v) is 3.77. The number of carbonyl (C=O) groups is 1. The molecule has 2 aromatic heterocycles. The summed E-state index contributed by atoms with van der Waals surface area (Å²) >= 11 is 3.23. The number of anilines is 1. The van der Waals surface area contributed by atoms with Crippen LogP contribution in [0.5, 0.6) is 0 Å². The number of nitrogens with one attached hydrogen (secondary N) is 1. The van der Waals surface area contributed by atoms with E-state index in [1.807, 2.05) is 0 Å². The van der Waals surface area contributed by atoms with Crippen LogP contribution in [0, 0.1) is 12.7 Å². The largest absolute Gasteiger partial charge is 0.441 e. The van der Waals surface area contributed by atoms with Crippen LogP contribution < -0.4 is 5.32 Å². The van der Waals surface area contributed by atoms with Gasteiger partial charge >= 0.3 is 0 Å². The maximum absolute atomic E-state index is 13.3. The molecule has 0 fully saturated rings. The smallest absolute Gasteiger partial charge is 0.230 e. The van der Waals surface area contributed by atoms with Crippen molar-refractivity contribution in [2.24, 2.45) is 0 Å². The van der Waals surface area contributed by atoms with Crippen molar-refractivity contribution >= 4 is 27.5 Å². The average molecular weight is 390 g/mol. The van der Waals surface area contributed by atoms with Gasteiger partial charge < -0.3 is 9.73 Å². The van der Waals surface area contributed by atoms with Gasteiger partial charge in [0.05, 0.1) is 24.0 Å². The van der Waals surface area contributed by atoms with Crippen LogP contribution in [0.15, 0.2) is 51.6 Å². The zero-order valence-corrected chi connectivity index (χ0v) is 14.3. The Hall–Kier alpha value is -2.54. The van der Waals surface area contributed by atoms with Gasteiger partial charge in [0, 0.05) is 5.56 Å². The summed E-state index contributed by atoms with van der Waals surface area (Å²) < 4.78 is 19.5. The number of aryl methyl sites for hydroxylation is 1. The number of hydrogen-bond donors (Lipinski definition) is 1. The van der Waals surface area contributed by atoms with Gasteiger partial charge in [0.1, 0.15) is 16.2 Å². The van der Waals surface area contributed by atoms with Crippen molar-refractivity contribution in [3.8, 4) is 11.5 Å². The van der Waals surface area contributed by atoms with E-state index < -0.39 is 0 Å². The van der Waals surface area contributed by atoms with Gasteiger partial charge in [-0.2, -0.15) is 0 Å². The SMILES string of the molecule is Cc1oc(-c2cccc(F)c2)nc1CC(=O)Nc1ccc(Br)nc1. The first-order chi connectivity index (χ1) is 11.5. The predicted molar refractivity (Wildman–Crippen MR) is 90.9 cm³/mol. The van der Waals surface area contributed by atoms with Crippen molar-refractivity contribution < 1.29 is 13.6 Å². The molecule has 1 aromatic carbocycles. The Bertz CT molecular complexity index is 878. The van der Waals surface area contributed by atoms with E-state index in [0.29, 0.717) is 33.2 Å². The van der Waals surface area contributed by atoms with Crippen LogP contribution in [0.1, 0.15) is 11.5 Å². The van der Waals surface area contributed by atoms with Crippen molar-refractivity contribution in [2.75, 3.05) is 5.32 Å². The van der Waals surface area contributed by atoms with E-state index in [1.165, 1.54) is 12.1 Å². The van der Waals surface area contributed by atoms with E-state index in [4.69, 9.17) is 4.42 Å². The van der Waals surface area contributed by atoms with Gasteiger partial charge in [-0.05, 0) is 53.2 Å². The van der Waals surface area contributed by atoms with E-state index in [1.54, 1.807) is 37.4 Å². The highest BCUT2D eigenvalue weighted by Crippen LogP contribution is 2.23. The summed E-state index contributed by atoms with van der Waals surface area (Å²) in [7, 11) is 0. The summed E-state index contributed by atoms with van der Waals surface area (Å²) in [6.07, 6.45) is 1.61. The monoisotopic (exact) mass is 389 g/mol. The first kappa shape index (κ1) is 16.3. The standard InChI is InChI=1S/C17H13BrFN3O2/c1-10-14(8-16(23)21-13-5-6-15(18)20-9-13)22-17(24-10)11-3-2-4-12(19)7-11/h2-7,9H,8H2,1H3,(H,21,23). The van der Waals surface area contributed by atoms with Gasteiger partial charge in [-0.1, -0.05) is 6.07 Å². The molecule has 7 heteroatoms. The van der Waals surface area contributed by atoms with Gasteiger partial charge in [-0.25, -0.2) is 14.4 Å². The maximum Gasteiger partial charge on any atom is 0.230 e. The Morgan fingerprint density at radius 1 is 1.33 bits per heavy atom. The topological polar surface area (TPSA) is 68.0 Å². The molecule has 1 N–H and O–H groups in total. The van der Waals surface area contributed by atoms with Crippen LogP contribution in [0.4, 0.5) is 10.1 Å². The third kappa shape index (κ3) is 3.86. The first-order valence-corrected chi connectivity index (χ1v) is 7.94. The molecule has 3 aromatic rings. The predicted octanol–water partition coefficient (Wildman–Crippen LogP) is 4.13. The number of halogens is 2. The molecule has 0 bridgehead atoms. The van der Waals surface area contributed by atoms with Crippen molar-refractivity contribution in [1.29, 1.82) is 0 Å². The van der Waals surface area contributed by atoms with E-state index in [-0.39, 0.29) is 18.1 Å². The summed E-state index contributed by atoms with van der Waals surface area (Å²) in [5.41, 5.74) is 1.63. The number of rotatable bonds is 4. The highest BCUT2D eigenvalue weighted by Gasteiger charge is 2.15. The number of oxazole rings is 1. The van der Waals surface area contributed by atoms with Gasteiger partial charge in [-0.15, -0.1) is 0 Å². The summed E-state index contributed by atoms with van der Waals surface area (Å²) in [5, 5.41) is 2.74. The van der Waals surface area contributed by atoms with E-state index in [0.717, 1.165) is 0 Å². The fourth-order valence-corrected chi connectivity index (χ4v) is 2.38. The molecule has 0 saturated carbocycles. The number of pyridine rings is 1. The average Bonchev–Trinajstić information content (AvgIpc) is 2.90. The summed E-state index contributed by atoms with van der Waals surface area (Å²) in [4.78, 5) is 20.5. The molecule has 122 valence electrons. The molecular weight excluding hydrogens is 377 g/mol. The lowest BCUT2D eigenvalue weighted by Crippen LogP contribution is -2.15. The maximum atomic E-state index is 13.3. The fraction of sp³-hybridized carbons (Fsp3) is 0.118. The number of hydrogen-bond acceptors (Lipinski definition) is 4. The molecule has 1 amide bonds. The van der Waals surface area contributed by atoms with Gasteiger partial charge in [0.15, 0.2) is 0 Å². The third-order valence-electron chi connectivity index (χ3n) is 3.30. The lowest BCUT2D eigenvalue weighted by atomic mass is 10.2. The molecule has 0 radical (unpaired) electrons. The quantitative estimate of drug-likeness (QED) is 0.681. The molecule has 2 heterocycles. The molecule has 5 nitrogen and oxygen atoms in total. The molecule has 0 aliphatic carbocycles. The van der Waals surface area contributed by atoms with Crippen molar-refractivity contribution in [2.45, 2.75) is 13.3 Å². The number of aromatic nitrogens is 2. The Balaban J connectivity index is 1.73. The number of amides is 1. The molecule has 0 aliphatic rings. The molecule has 0 unspecified atom stereocenters. The number of nitrogens with zero attached hydrogens (tertiary/aromatic N) is 2. The molecule has 3 rings (SSSR count). The van der Waals surface area contributed by atoms with Crippen molar-refractivity contribution in [1.82, 2.24) is 9.97 Å². The zero-order chi connectivity index (χ0) is 17.1. The number of benzene rings is 1. The molecule has 0 saturated heterocycles. The summed E-state index contributed by atoms with van der Waals surface area (Å²) in [6.45, 7) is 1.72. The molecule has 0 aliphatic heterocycles.